The van der Waals surface area contributed by atoms with Crippen LogP contribution in [0.25, 0.3) is 11.0 Å². The van der Waals surface area contributed by atoms with Crippen molar-refractivity contribution >= 4 is 44.4 Å². The van der Waals surface area contributed by atoms with Gasteiger partial charge in [0.2, 0.25) is 11.9 Å². The third kappa shape index (κ3) is 4.57. The molecule has 0 bridgehead atoms. The van der Waals surface area contributed by atoms with Gasteiger partial charge in [-0.15, -0.1) is 5.10 Å². The molecule has 0 radical (unpaired) electrons. The number of aromatic nitrogens is 5. The highest BCUT2D eigenvalue weighted by molar-refractivity contribution is 9.11. The maximum absolute atomic E-state index is 13.4. The lowest BCUT2D eigenvalue weighted by molar-refractivity contribution is -0.138. The van der Waals surface area contributed by atoms with Crippen LogP contribution in [0, 0.1) is 5.95 Å². The van der Waals surface area contributed by atoms with Crippen LogP contribution in [0.1, 0.15) is 25.3 Å². The number of fused-ring (bicyclic) bond motifs is 1. The van der Waals surface area contributed by atoms with Gasteiger partial charge in [-0.25, -0.2) is 13.8 Å². The first-order chi connectivity index (χ1) is 15.2. The fraction of sp³-hybridized carbons (Fsp3) is 0.500. The first-order valence-electron chi connectivity index (χ1n) is 9.66. The second-order valence-electron chi connectivity index (χ2n) is 7.66. The van der Waals surface area contributed by atoms with Gasteiger partial charge in [-0.3, -0.25) is 18.8 Å². The molecule has 9 nitrogen and oxygen atoms in total. The number of alkyl halides is 2. The van der Waals surface area contributed by atoms with Gasteiger partial charge in [-0.1, -0.05) is 0 Å². The average Bonchev–Trinajstić information content (AvgIpc) is 3.34. The molecular formula is C18H18BrF3N6O3S. The molecule has 1 saturated heterocycles. The molecule has 32 heavy (non-hydrogen) atoms. The molecule has 3 aromatic rings. The van der Waals surface area contributed by atoms with Crippen molar-refractivity contribution in [1.82, 2.24) is 28.6 Å². The Labute approximate surface area is 191 Å². The van der Waals surface area contributed by atoms with Crippen molar-refractivity contribution in [2.75, 3.05) is 13.1 Å². The lowest BCUT2D eigenvalue weighted by atomic mass is 9.91. The number of carbonyl (C=O) groups is 1. The topological polar surface area (TPSA) is 106 Å². The van der Waals surface area contributed by atoms with Crippen molar-refractivity contribution in [3.8, 4) is 0 Å². The summed E-state index contributed by atoms with van der Waals surface area (Å²) >= 11 is 4.38. The molecule has 0 aromatic carbocycles. The van der Waals surface area contributed by atoms with Gasteiger partial charge in [0, 0.05) is 25.4 Å². The molecule has 1 amide bonds. The Morgan fingerprint density at radius 2 is 2.03 bits per heavy atom. The number of nitrogens with zero attached hydrogens (tertiary/aromatic N) is 6. The van der Waals surface area contributed by atoms with E-state index >= 15 is 0 Å². The van der Waals surface area contributed by atoms with Crippen LogP contribution in [-0.2, 0) is 11.3 Å². The van der Waals surface area contributed by atoms with Crippen molar-refractivity contribution in [2.24, 2.45) is 0 Å². The van der Waals surface area contributed by atoms with E-state index in [-0.39, 0.29) is 43.6 Å². The van der Waals surface area contributed by atoms with E-state index in [9.17, 15) is 27.9 Å². The van der Waals surface area contributed by atoms with Gasteiger partial charge in [0.15, 0.2) is 5.52 Å². The zero-order valence-electron chi connectivity index (χ0n) is 16.5. The second-order valence-corrected chi connectivity index (χ2v) is 9.75. The van der Waals surface area contributed by atoms with Gasteiger partial charge >= 0.3 is 0 Å². The smallest absolute Gasteiger partial charge is 0.281 e. The summed E-state index contributed by atoms with van der Waals surface area (Å²) in [6.07, 6.45) is -0.733. The van der Waals surface area contributed by atoms with Gasteiger partial charge < -0.3 is 10.0 Å². The largest absolute Gasteiger partial charge is 0.388 e. The van der Waals surface area contributed by atoms with Gasteiger partial charge in [0.05, 0.1) is 24.9 Å². The number of aliphatic hydroxyl groups is 1. The number of halogens is 4. The summed E-state index contributed by atoms with van der Waals surface area (Å²) in [5, 5.41) is 14.3. The molecule has 1 fully saturated rings. The summed E-state index contributed by atoms with van der Waals surface area (Å²) in [5.74, 6) is -1.44. The quantitative estimate of drug-likeness (QED) is 0.519. The summed E-state index contributed by atoms with van der Waals surface area (Å²) in [6.45, 7) is 0.231. The average molecular weight is 535 g/mol. The molecule has 3 aromatic heterocycles. The van der Waals surface area contributed by atoms with Crippen molar-refractivity contribution < 1.29 is 23.1 Å². The third-order valence-corrected chi connectivity index (χ3v) is 6.96. The van der Waals surface area contributed by atoms with Gasteiger partial charge in [-0.2, -0.15) is 8.76 Å². The number of piperidine rings is 1. The van der Waals surface area contributed by atoms with E-state index in [1.807, 2.05) is 0 Å². The number of carbonyl (C=O) groups excluding carboxylic acids is 1. The normalized spacial score (nSPS) is 17.2. The molecule has 1 N–H and O–H groups in total. The highest BCUT2D eigenvalue weighted by Crippen LogP contribution is 2.28. The predicted molar refractivity (Wildman–Crippen MR) is 112 cm³/mol. The Bertz CT molecular complexity index is 1190. The summed E-state index contributed by atoms with van der Waals surface area (Å²) in [6, 6.07) is -0.638. The summed E-state index contributed by atoms with van der Waals surface area (Å²) < 4.78 is 46.6. The fourth-order valence-corrected chi connectivity index (χ4v) is 4.78. The van der Waals surface area contributed by atoms with E-state index in [1.54, 1.807) is 0 Å². The van der Waals surface area contributed by atoms with Crippen LogP contribution >= 0.6 is 27.5 Å². The van der Waals surface area contributed by atoms with Crippen LogP contribution in [0.15, 0.2) is 27.2 Å². The molecule has 1 atom stereocenters. The molecule has 4 heterocycles. The molecular weight excluding hydrogens is 517 g/mol. The Morgan fingerprint density at radius 3 is 2.66 bits per heavy atom. The number of rotatable bonds is 6. The van der Waals surface area contributed by atoms with E-state index < -0.39 is 36.3 Å². The van der Waals surface area contributed by atoms with E-state index in [4.69, 9.17) is 0 Å². The molecule has 1 aliphatic heterocycles. The predicted octanol–water partition coefficient (Wildman–Crippen LogP) is 2.20. The Morgan fingerprint density at radius 1 is 1.31 bits per heavy atom. The molecule has 0 saturated carbocycles. The maximum Gasteiger partial charge on any atom is 0.281 e. The molecule has 0 spiro atoms. The first-order valence-corrected chi connectivity index (χ1v) is 11.2. The first kappa shape index (κ1) is 22.9. The second kappa shape index (κ2) is 8.90. The minimum atomic E-state index is -2.90. The zero-order valence-corrected chi connectivity index (χ0v) is 18.9. The Kier molecular flexibility index (Phi) is 6.36. The Hall–Kier alpha value is -2.32. The van der Waals surface area contributed by atoms with E-state index in [1.165, 1.54) is 15.8 Å². The van der Waals surface area contributed by atoms with Crippen LogP contribution in [0.3, 0.4) is 0 Å². The van der Waals surface area contributed by atoms with Crippen LogP contribution in [0.2, 0.25) is 0 Å². The number of hydrogen-bond acceptors (Lipinski definition) is 7. The van der Waals surface area contributed by atoms with Crippen LogP contribution in [-0.4, -0.2) is 64.7 Å². The van der Waals surface area contributed by atoms with Crippen molar-refractivity contribution in [2.45, 2.75) is 43.9 Å². The van der Waals surface area contributed by atoms with Gasteiger partial charge in [0.1, 0.15) is 15.3 Å². The van der Waals surface area contributed by atoms with Crippen LogP contribution in [0.4, 0.5) is 13.2 Å². The molecule has 1 aliphatic rings. The van der Waals surface area contributed by atoms with Gasteiger partial charge in [-0.05, 0) is 40.3 Å². The SMILES string of the molecule is O=C(CC(C(F)F)n1ccc(F)n1)N1CCC(O)(Cn2cnc3c(Br)snc3c2=O)CC1. The summed E-state index contributed by atoms with van der Waals surface area (Å²) in [4.78, 5) is 30.8. The number of likely N-dealkylation sites (tertiary alicyclic amines) is 1. The number of amides is 1. The van der Waals surface area contributed by atoms with E-state index in [0.717, 1.165) is 28.5 Å². The molecule has 172 valence electrons. The minimum Gasteiger partial charge on any atom is -0.388 e. The van der Waals surface area contributed by atoms with Crippen LogP contribution in [0.5, 0.6) is 0 Å². The lowest BCUT2D eigenvalue weighted by Gasteiger charge is -2.38. The van der Waals surface area contributed by atoms with Gasteiger partial charge in [0.25, 0.3) is 12.0 Å². The van der Waals surface area contributed by atoms with E-state index in [0.29, 0.717) is 9.30 Å². The molecule has 14 heteroatoms. The third-order valence-electron chi connectivity index (χ3n) is 5.52. The maximum atomic E-state index is 13.4. The number of hydrogen-bond donors (Lipinski definition) is 1. The minimum absolute atomic E-state index is 0.0296. The fourth-order valence-electron chi connectivity index (χ4n) is 3.70. The van der Waals surface area contributed by atoms with Crippen LogP contribution < -0.4 is 5.56 Å². The van der Waals surface area contributed by atoms with E-state index in [2.05, 4.69) is 30.4 Å². The molecule has 1 unspecified atom stereocenters. The summed E-state index contributed by atoms with van der Waals surface area (Å²) in [7, 11) is 0. The van der Waals surface area contributed by atoms with Crippen molar-refractivity contribution in [1.29, 1.82) is 0 Å². The highest BCUT2D eigenvalue weighted by atomic mass is 79.9. The summed E-state index contributed by atoms with van der Waals surface area (Å²) in [5.41, 5.74) is -0.991. The molecule has 4 rings (SSSR count). The van der Waals surface area contributed by atoms with Crippen molar-refractivity contribution in [3.05, 3.63) is 38.7 Å². The molecule has 0 aliphatic carbocycles. The monoisotopic (exact) mass is 534 g/mol. The zero-order chi connectivity index (χ0) is 23.0. The standard InChI is InChI=1S/C18H18BrF3N6O3S/c19-15-13-14(25-32-15)17(30)27(9-23-13)8-18(31)2-5-26(6-3-18)12(29)7-10(16(21)22)28-4-1-11(20)24-28/h1,4,9-10,16,31H,2-3,5-8H2. The Balaban J connectivity index is 1.40. The highest BCUT2D eigenvalue weighted by Gasteiger charge is 2.36. The van der Waals surface area contributed by atoms with Crippen molar-refractivity contribution in [3.63, 3.8) is 0 Å². The lowest BCUT2D eigenvalue weighted by Crippen LogP contribution is -2.50.